The topological polar surface area (TPSA) is 15.3 Å². The summed E-state index contributed by atoms with van der Waals surface area (Å²) in [6, 6.07) is 0. The summed E-state index contributed by atoms with van der Waals surface area (Å²) in [6.45, 7) is 15.5. The highest BCUT2D eigenvalue weighted by molar-refractivity contribution is 4.74. The van der Waals surface area contributed by atoms with Gasteiger partial charge in [0.05, 0.1) is 0 Å². The largest absolute Gasteiger partial charge is 0.315 e. The van der Waals surface area contributed by atoms with Crippen LogP contribution < -0.4 is 5.32 Å². The van der Waals surface area contributed by atoms with Crippen molar-refractivity contribution in [1.29, 1.82) is 0 Å². The highest BCUT2D eigenvalue weighted by Gasteiger charge is 2.20. The van der Waals surface area contributed by atoms with Gasteiger partial charge in [-0.15, -0.1) is 0 Å². The maximum Gasteiger partial charge on any atom is 0.0107 e. The van der Waals surface area contributed by atoms with Gasteiger partial charge in [0, 0.05) is 13.1 Å². The molecule has 0 aromatic rings. The van der Waals surface area contributed by atoms with Crippen molar-refractivity contribution in [2.24, 2.45) is 17.8 Å². The Balaban J connectivity index is 1.99. The van der Waals surface area contributed by atoms with E-state index in [-0.39, 0.29) is 0 Å². The quantitative estimate of drug-likeness (QED) is 0.688. The molecule has 1 fully saturated rings. The minimum Gasteiger partial charge on any atom is -0.315 e. The Morgan fingerprint density at radius 2 is 1.71 bits per heavy atom. The van der Waals surface area contributed by atoms with Gasteiger partial charge in [-0.05, 0) is 56.7 Å². The lowest BCUT2D eigenvalue weighted by Gasteiger charge is -2.33. The molecule has 0 unspecified atom stereocenters. The summed E-state index contributed by atoms with van der Waals surface area (Å²) in [5, 5.41) is 3.56. The van der Waals surface area contributed by atoms with Crippen molar-refractivity contribution in [1.82, 2.24) is 10.2 Å². The van der Waals surface area contributed by atoms with E-state index in [1.165, 1.54) is 52.0 Å². The zero-order valence-electron chi connectivity index (χ0n) is 12.3. The first kappa shape index (κ1) is 15.0. The molecule has 1 rings (SSSR count). The molecule has 0 aliphatic carbocycles. The molecule has 0 aromatic heterocycles. The van der Waals surface area contributed by atoms with Crippen LogP contribution >= 0.6 is 0 Å². The number of hydrogen-bond acceptors (Lipinski definition) is 2. The third-order valence-electron chi connectivity index (χ3n) is 4.08. The molecule has 0 spiro atoms. The van der Waals surface area contributed by atoms with Crippen molar-refractivity contribution in [3.8, 4) is 0 Å². The Bertz CT molecular complexity index is 181. The van der Waals surface area contributed by atoms with Crippen molar-refractivity contribution < 1.29 is 0 Å². The Labute approximate surface area is 108 Å². The number of rotatable bonds is 7. The van der Waals surface area contributed by atoms with Crippen LogP contribution in [0.2, 0.25) is 0 Å². The fourth-order valence-electron chi connectivity index (χ4n) is 2.60. The van der Waals surface area contributed by atoms with Crippen LogP contribution in [0.1, 0.15) is 47.0 Å². The Morgan fingerprint density at radius 3 is 2.24 bits per heavy atom. The first-order valence-electron chi connectivity index (χ1n) is 7.52. The fourth-order valence-corrected chi connectivity index (χ4v) is 2.60. The van der Waals surface area contributed by atoms with Crippen molar-refractivity contribution >= 4 is 0 Å². The summed E-state index contributed by atoms with van der Waals surface area (Å²) < 4.78 is 0. The molecule has 1 heterocycles. The van der Waals surface area contributed by atoms with Gasteiger partial charge in [0.1, 0.15) is 0 Å². The van der Waals surface area contributed by atoms with E-state index in [0.29, 0.717) is 0 Å². The van der Waals surface area contributed by atoms with Crippen molar-refractivity contribution in [3.63, 3.8) is 0 Å². The van der Waals surface area contributed by atoms with Crippen LogP contribution in [-0.4, -0.2) is 37.6 Å². The van der Waals surface area contributed by atoms with Gasteiger partial charge in [-0.25, -0.2) is 0 Å². The van der Waals surface area contributed by atoms with Gasteiger partial charge in [-0.1, -0.05) is 27.7 Å². The molecular weight excluding hydrogens is 208 g/mol. The molecule has 0 bridgehead atoms. The molecule has 1 aliphatic heterocycles. The van der Waals surface area contributed by atoms with Crippen LogP contribution in [0.15, 0.2) is 0 Å². The van der Waals surface area contributed by atoms with E-state index in [1.54, 1.807) is 0 Å². The average Bonchev–Trinajstić information content (AvgIpc) is 2.29. The van der Waals surface area contributed by atoms with Crippen LogP contribution in [0.4, 0.5) is 0 Å². The average molecular weight is 240 g/mol. The second-order valence-electron chi connectivity index (χ2n) is 6.36. The summed E-state index contributed by atoms with van der Waals surface area (Å²) in [7, 11) is 0. The number of likely N-dealkylation sites (tertiary alicyclic amines) is 1. The molecule has 2 heteroatoms. The lowest BCUT2D eigenvalue weighted by Crippen LogP contribution is -2.39. The molecule has 2 nitrogen and oxygen atoms in total. The van der Waals surface area contributed by atoms with E-state index in [0.717, 1.165) is 17.8 Å². The molecule has 1 aliphatic rings. The maximum atomic E-state index is 3.56. The van der Waals surface area contributed by atoms with Crippen molar-refractivity contribution in [3.05, 3.63) is 0 Å². The zero-order chi connectivity index (χ0) is 12.7. The lowest BCUT2D eigenvalue weighted by atomic mass is 9.87. The van der Waals surface area contributed by atoms with Gasteiger partial charge >= 0.3 is 0 Å². The summed E-state index contributed by atoms with van der Waals surface area (Å²) in [5.74, 6) is 2.67. The van der Waals surface area contributed by atoms with Gasteiger partial charge in [0.2, 0.25) is 0 Å². The molecule has 1 N–H and O–H groups in total. The van der Waals surface area contributed by atoms with E-state index < -0.39 is 0 Å². The van der Waals surface area contributed by atoms with Gasteiger partial charge in [-0.3, -0.25) is 0 Å². The molecule has 0 atom stereocenters. The molecule has 17 heavy (non-hydrogen) atoms. The minimum atomic E-state index is 0.823. The molecule has 1 saturated heterocycles. The minimum absolute atomic E-state index is 0.823. The molecular formula is C15H32N2. The van der Waals surface area contributed by atoms with Gasteiger partial charge in [0.15, 0.2) is 0 Å². The van der Waals surface area contributed by atoms with Crippen LogP contribution in [0.3, 0.4) is 0 Å². The third kappa shape index (κ3) is 6.42. The standard InChI is InChI=1S/C15H32N2/c1-13(2)5-8-16-9-12-17-10-6-15(7-11-17)14(3)4/h13-16H,5-12H2,1-4H3. The second kappa shape index (κ2) is 8.10. The Kier molecular flexibility index (Phi) is 7.14. The first-order valence-corrected chi connectivity index (χ1v) is 7.52. The van der Waals surface area contributed by atoms with E-state index in [2.05, 4.69) is 37.9 Å². The highest BCUT2D eigenvalue weighted by atomic mass is 15.1. The maximum absolute atomic E-state index is 3.56. The summed E-state index contributed by atoms with van der Waals surface area (Å²) in [6.07, 6.45) is 4.11. The Morgan fingerprint density at radius 1 is 1.06 bits per heavy atom. The molecule has 0 amide bonds. The lowest BCUT2D eigenvalue weighted by molar-refractivity contribution is 0.158. The van der Waals surface area contributed by atoms with Gasteiger partial charge in [0.25, 0.3) is 0 Å². The van der Waals surface area contributed by atoms with E-state index >= 15 is 0 Å². The summed E-state index contributed by atoms with van der Waals surface area (Å²) in [4.78, 5) is 2.63. The van der Waals surface area contributed by atoms with E-state index in [9.17, 15) is 0 Å². The van der Waals surface area contributed by atoms with Crippen LogP contribution in [0, 0.1) is 17.8 Å². The van der Waals surface area contributed by atoms with Gasteiger partial charge < -0.3 is 10.2 Å². The number of nitrogens with zero attached hydrogens (tertiary/aromatic N) is 1. The molecule has 0 aromatic carbocycles. The summed E-state index contributed by atoms with van der Waals surface area (Å²) >= 11 is 0. The van der Waals surface area contributed by atoms with Crippen LogP contribution in [0.5, 0.6) is 0 Å². The first-order chi connectivity index (χ1) is 8.09. The van der Waals surface area contributed by atoms with Crippen LogP contribution in [0.25, 0.3) is 0 Å². The monoisotopic (exact) mass is 240 g/mol. The number of hydrogen-bond donors (Lipinski definition) is 1. The highest BCUT2D eigenvalue weighted by Crippen LogP contribution is 2.23. The zero-order valence-corrected chi connectivity index (χ0v) is 12.3. The van der Waals surface area contributed by atoms with E-state index in [4.69, 9.17) is 0 Å². The SMILES string of the molecule is CC(C)CCNCCN1CCC(C(C)C)CC1. The third-order valence-corrected chi connectivity index (χ3v) is 4.08. The number of nitrogens with one attached hydrogen (secondary N) is 1. The summed E-state index contributed by atoms with van der Waals surface area (Å²) in [5.41, 5.74) is 0. The smallest absolute Gasteiger partial charge is 0.0107 e. The molecule has 0 radical (unpaired) electrons. The molecule has 102 valence electrons. The van der Waals surface area contributed by atoms with Crippen molar-refractivity contribution in [2.75, 3.05) is 32.7 Å². The Hall–Kier alpha value is -0.0800. The van der Waals surface area contributed by atoms with Gasteiger partial charge in [-0.2, -0.15) is 0 Å². The van der Waals surface area contributed by atoms with Crippen LogP contribution in [-0.2, 0) is 0 Å². The van der Waals surface area contributed by atoms with Crippen molar-refractivity contribution in [2.45, 2.75) is 47.0 Å². The fraction of sp³-hybridized carbons (Fsp3) is 1.00. The normalized spacial score (nSPS) is 19.4. The predicted octanol–water partition coefficient (Wildman–Crippen LogP) is 2.99. The van der Waals surface area contributed by atoms with E-state index in [1.807, 2.05) is 0 Å². The second-order valence-corrected chi connectivity index (χ2v) is 6.36. The predicted molar refractivity (Wildman–Crippen MR) is 76.3 cm³/mol. The molecule has 0 saturated carbocycles. The number of piperidine rings is 1.